The van der Waals surface area contributed by atoms with Gasteiger partial charge >= 0.3 is 0 Å². The van der Waals surface area contributed by atoms with Gasteiger partial charge in [-0.05, 0) is 68.1 Å². The zero-order chi connectivity index (χ0) is 28.4. The van der Waals surface area contributed by atoms with E-state index in [0.29, 0.717) is 46.0 Å². The molecule has 0 saturated heterocycles. The molecule has 202 valence electrons. The van der Waals surface area contributed by atoms with Crippen LogP contribution in [0.5, 0.6) is 0 Å². The molecule has 8 nitrogen and oxygen atoms in total. The number of amides is 1. The van der Waals surface area contributed by atoms with Gasteiger partial charge in [-0.15, -0.1) is 0 Å². The maximum absolute atomic E-state index is 13.9. The summed E-state index contributed by atoms with van der Waals surface area (Å²) in [5.41, 5.74) is 1.24. The number of para-hydroxylation sites is 1. The molecule has 0 bridgehead atoms. The van der Waals surface area contributed by atoms with E-state index in [1.807, 2.05) is 20.8 Å². The first-order valence-corrected chi connectivity index (χ1v) is 13.3. The van der Waals surface area contributed by atoms with Crippen molar-refractivity contribution in [1.29, 1.82) is 0 Å². The number of nitro groups is 1. The van der Waals surface area contributed by atoms with Gasteiger partial charge in [0, 0.05) is 23.2 Å². The monoisotopic (exact) mass is 566 g/mol. The molecule has 0 fully saturated rings. The van der Waals surface area contributed by atoms with Crippen molar-refractivity contribution in [2.45, 2.75) is 40.2 Å². The first kappa shape index (κ1) is 28.3. The third-order valence-electron chi connectivity index (χ3n) is 6.72. The Morgan fingerprint density at radius 1 is 1.05 bits per heavy atom. The van der Waals surface area contributed by atoms with Gasteiger partial charge in [-0.1, -0.05) is 55.2 Å². The van der Waals surface area contributed by atoms with Crippen molar-refractivity contribution in [3.05, 3.63) is 108 Å². The van der Waals surface area contributed by atoms with E-state index in [1.165, 1.54) is 22.8 Å². The minimum Gasteiger partial charge on any atom is -0.329 e. The van der Waals surface area contributed by atoms with Gasteiger partial charge in [0.25, 0.3) is 17.2 Å². The molecule has 1 amide bonds. The molecule has 0 aliphatic carbocycles. The molecule has 1 unspecified atom stereocenters. The molecule has 0 aliphatic rings. The second-order valence-electron chi connectivity index (χ2n) is 9.79. The first-order valence-electron chi connectivity index (χ1n) is 12.5. The molecule has 0 aliphatic heterocycles. The molecule has 0 N–H and O–H groups in total. The van der Waals surface area contributed by atoms with E-state index >= 15 is 0 Å². The fourth-order valence-electron chi connectivity index (χ4n) is 4.46. The predicted molar refractivity (Wildman–Crippen MR) is 154 cm³/mol. The first-order chi connectivity index (χ1) is 18.5. The summed E-state index contributed by atoms with van der Waals surface area (Å²) < 4.78 is 1.51. The van der Waals surface area contributed by atoms with Gasteiger partial charge in [-0.25, -0.2) is 4.98 Å². The number of carbonyl (C=O) groups excluding carboxylic acids is 1. The van der Waals surface area contributed by atoms with Gasteiger partial charge < -0.3 is 4.90 Å². The van der Waals surface area contributed by atoms with Crippen LogP contribution < -0.4 is 5.56 Å². The molecule has 0 radical (unpaired) electrons. The molecular weight excluding hydrogens is 539 g/mol. The van der Waals surface area contributed by atoms with E-state index < -0.39 is 16.9 Å². The highest BCUT2D eigenvalue weighted by Gasteiger charge is 2.29. The zero-order valence-electron chi connectivity index (χ0n) is 22.0. The standard InChI is InChI=1S/C29H28Cl2N4O4/c1-17(2)14-15-33(28(36)20-12-13-23(31)26(16-20)35(38)39)19(4)27-32-24-10-6-5-8-21(24)29(37)34(27)25-11-7-9-22(30)18(25)3/h5-13,16-17,19H,14-15H2,1-4H3. The zero-order valence-corrected chi connectivity index (χ0v) is 23.5. The molecular formula is C29H28Cl2N4O4. The van der Waals surface area contributed by atoms with Crippen molar-refractivity contribution in [3.8, 4) is 5.69 Å². The van der Waals surface area contributed by atoms with E-state index in [0.717, 1.165) is 0 Å². The highest BCUT2D eigenvalue weighted by atomic mass is 35.5. The summed E-state index contributed by atoms with van der Waals surface area (Å²) in [5.74, 6) is 0.193. The number of aromatic nitrogens is 2. The van der Waals surface area contributed by atoms with Crippen LogP contribution in [0.4, 0.5) is 5.69 Å². The van der Waals surface area contributed by atoms with Crippen molar-refractivity contribution >= 4 is 45.7 Å². The number of halogens is 2. The Hall–Kier alpha value is -3.75. The van der Waals surface area contributed by atoms with Gasteiger partial charge in [-0.3, -0.25) is 24.3 Å². The van der Waals surface area contributed by atoms with Gasteiger partial charge in [0.05, 0.1) is 27.6 Å². The summed E-state index contributed by atoms with van der Waals surface area (Å²) in [5, 5.41) is 12.4. The summed E-state index contributed by atoms with van der Waals surface area (Å²) in [4.78, 5) is 45.1. The molecule has 1 atom stereocenters. The van der Waals surface area contributed by atoms with Crippen molar-refractivity contribution in [1.82, 2.24) is 14.5 Å². The average molecular weight is 567 g/mol. The molecule has 10 heteroatoms. The maximum Gasteiger partial charge on any atom is 0.288 e. The van der Waals surface area contributed by atoms with Crippen LogP contribution in [0.15, 0.2) is 65.5 Å². The topological polar surface area (TPSA) is 98.3 Å². The third kappa shape index (κ3) is 5.67. The lowest BCUT2D eigenvalue weighted by Gasteiger charge is -2.31. The lowest BCUT2D eigenvalue weighted by atomic mass is 10.1. The van der Waals surface area contributed by atoms with Gasteiger partial charge in [0.15, 0.2) is 0 Å². The summed E-state index contributed by atoms with van der Waals surface area (Å²) in [6.45, 7) is 8.04. The number of fused-ring (bicyclic) bond motifs is 1. The molecule has 3 aromatic carbocycles. The number of benzene rings is 3. The molecule has 4 rings (SSSR count). The van der Waals surface area contributed by atoms with Crippen molar-refractivity contribution in [2.75, 3.05) is 6.54 Å². The Labute approximate surface area is 236 Å². The van der Waals surface area contributed by atoms with Crippen LogP contribution in [0, 0.1) is 23.0 Å². The van der Waals surface area contributed by atoms with Crippen LogP contribution in [0.1, 0.15) is 55.0 Å². The Balaban J connectivity index is 1.94. The Kier molecular flexibility index (Phi) is 8.37. The van der Waals surface area contributed by atoms with Crippen LogP contribution in [0.25, 0.3) is 16.6 Å². The number of hydrogen-bond donors (Lipinski definition) is 0. The van der Waals surface area contributed by atoms with Gasteiger partial charge in [-0.2, -0.15) is 0 Å². The van der Waals surface area contributed by atoms with Crippen LogP contribution in [-0.4, -0.2) is 31.8 Å². The second-order valence-corrected chi connectivity index (χ2v) is 10.6. The summed E-state index contributed by atoms with van der Waals surface area (Å²) in [7, 11) is 0. The fraction of sp³-hybridized carbons (Fsp3) is 0.276. The Bertz CT molecular complexity index is 1630. The van der Waals surface area contributed by atoms with Crippen LogP contribution in [0.2, 0.25) is 10.0 Å². The van der Waals surface area contributed by atoms with E-state index in [-0.39, 0.29) is 27.8 Å². The molecule has 1 aromatic heterocycles. The van der Waals surface area contributed by atoms with Crippen LogP contribution >= 0.6 is 23.2 Å². The highest BCUT2D eigenvalue weighted by Crippen LogP contribution is 2.30. The SMILES string of the molecule is Cc1c(Cl)cccc1-n1c(C(C)N(CCC(C)C)C(=O)c2ccc(Cl)c([N+](=O)[O-])c2)nc2ccccc2c1=O. The molecule has 39 heavy (non-hydrogen) atoms. The van der Waals surface area contributed by atoms with Crippen LogP contribution in [-0.2, 0) is 0 Å². The third-order valence-corrected chi connectivity index (χ3v) is 7.45. The smallest absolute Gasteiger partial charge is 0.288 e. The van der Waals surface area contributed by atoms with Crippen LogP contribution in [0.3, 0.4) is 0 Å². The number of carbonyl (C=O) groups is 1. The number of nitrogens with zero attached hydrogens (tertiary/aromatic N) is 4. The van der Waals surface area contributed by atoms with E-state index in [9.17, 15) is 19.7 Å². The Morgan fingerprint density at radius 2 is 1.77 bits per heavy atom. The minimum atomic E-state index is -0.679. The molecule has 1 heterocycles. The maximum atomic E-state index is 13.9. The van der Waals surface area contributed by atoms with Gasteiger partial charge in [0.2, 0.25) is 0 Å². The highest BCUT2D eigenvalue weighted by molar-refractivity contribution is 6.32. The largest absolute Gasteiger partial charge is 0.329 e. The van der Waals surface area contributed by atoms with Crippen molar-refractivity contribution in [3.63, 3.8) is 0 Å². The quantitative estimate of drug-likeness (QED) is 0.166. The Morgan fingerprint density at radius 3 is 2.46 bits per heavy atom. The average Bonchev–Trinajstić information content (AvgIpc) is 2.90. The molecule has 0 saturated carbocycles. The van der Waals surface area contributed by atoms with Gasteiger partial charge in [0.1, 0.15) is 10.8 Å². The van der Waals surface area contributed by atoms with E-state index in [4.69, 9.17) is 28.2 Å². The summed E-state index contributed by atoms with van der Waals surface area (Å²) in [6, 6.07) is 15.6. The fourth-order valence-corrected chi connectivity index (χ4v) is 4.82. The minimum absolute atomic E-state index is 0.0557. The summed E-state index contributed by atoms with van der Waals surface area (Å²) >= 11 is 12.4. The van der Waals surface area contributed by atoms with Crippen molar-refractivity contribution < 1.29 is 9.72 Å². The van der Waals surface area contributed by atoms with E-state index in [2.05, 4.69) is 0 Å². The summed E-state index contributed by atoms with van der Waals surface area (Å²) in [6.07, 6.45) is 0.666. The molecule has 0 spiro atoms. The lowest BCUT2D eigenvalue weighted by molar-refractivity contribution is -0.384. The predicted octanol–water partition coefficient (Wildman–Crippen LogP) is 7.16. The number of rotatable bonds is 8. The second kappa shape index (κ2) is 11.6. The molecule has 4 aromatic rings. The normalized spacial score (nSPS) is 12.1. The van der Waals surface area contributed by atoms with E-state index in [1.54, 1.807) is 54.3 Å². The lowest BCUT2D eigenvalue weighted by Crippen LogP contribution is -2.38. The number of nitro benzene ring substituents is 1. The number of hydrogen-bond acceptors (Lipinski definition) is 5. The van der Waals surface area contributed by atoms with Crippen molar-refractivity contribution in [2.24, 2.45) is 5.92 Å².